The molecule has 0 radical (unpaired) electrons. The lowest BCUT2D eigenvalue weighted by atomic mass is 9.73. The molecule has 0 N–H and O–H groups in total. The van der Waals surface area contributed by atoms with E-state index in [0.29, 0.717) is 23.9 Å². The van der Waals surface area contributed by atoms with Crippen LogP contribution in [0.5, 0.6) is 0 Å². The molecule has 4 nitrogen and oxygen atoms in total. The number of carbonyl (C=O) groups is 1. The van der Waals surface area contributed by atoms with Gasteiger partial charge >= 0.3 is 6.09 Å². The quantitative estimate of drug-likeness (QED) is 0.522. The van der Waals surface area contributed by atoms with E-state index >= 15 is 0 Å². The van der Waals surface area contributed by atoms with Gasteiger partial charge in [-0.1, -0.05) is 28.8 Å². The summed E-state index contributed by atoms with van der Waals surface area (Å²) >= 11 is 3.98. The molecule has 0 aromatic carbocycles. The Labute approximate surface area is 161 Å². The number of likely N-dealkylation sites (tertiary alicyclic amines) is 1. The molecule has 1 amide bonds. The molecule has 5 heteroatoms. The van der Waals surface area contributed by atoms with Crippen molar-refractivity contribution in [1.29, 1.82) is 0 Å². The van der Waals surface area contributed by atoms with Crippen molar-refractivity contribution in [3.63, 3.8) is 0 Å². The average Bonchev–Trinajstić information content (AvgIpc) is 2.82. The fraction of sp³-hybridized carbons (Fsp3) is 0.950. The first kappa shape index (κ1) is 19.5. The zero-order valence-electron chi connectivity index (χ0n) is 16.2. The van der Waals surface area contributed by atoms with Crippen molar-refractivity contribution in [3.8, 4) is 0 Å². The normalized spacial score (nSPS) is 39.6. The van der Waals surface area contributed by atoms with Crippen LogP contribution in [0.4, 0.5) is 4.79 Å². The number of fused-ring (bicyclic) bond motifs is 3. The summed E-state index contributed by atoms with van der Waals surface area (Å²) in [5, 5.41) is 0. The second kappa shape index (κ2) is 7.38. The van der Waals surface area contributed by atoms with Crippen LogP contribution in [0, 0.1) is 17.8 Å². The molecule has 3 aliphatic rings. The Hall–Kier alpha value is -0.290. The molecule has 1 aliphatic carbocycles. The maximum Gasteiger partial charge on any atom is 0.410 e. The summed E-state index contributed by atoms with van der Waals surface area (Å²) in [6, 6.07) is 0. The zero-order valence-corrected chi connectivity index (χ0v) is 17.8. The zero-order chi connectivity index (χ0) is 18.2. The molecule has 2 saturated heterocycles. The van der Waals surface area contributed by atoms with Crippen LogP contribution in [0.15, 0.2) is 0 Å². The number of ether oxygens (including phenoxy) is 2. The first-order chi connectivity index (χ1) is 11.6. The Morgan fingerprint density at radius 3 is 2.68 bits per heavy atom. The minimum atomic E-state index is -0.429. The van der Waals surface area contributed by atoms with Gasteiger partial charge in [-0.15, -0.1) is 0 Å². The number of amides is 1. The lowest BCUT2D eigenvalue weighted by Crippen LogP contribution is -2.39. The molecule has 3 rings (SSSR count). The predicted octanol–water partition coefficient (Wildman–Crippen LogP) is 4.99. The van der Waals surface area contributed by atoms with E-state index in [0.717, 1.165) is 32.5 Å². The van der Waals surface area contributed by atoms with Crippen molar-refractivity contribution in [1.82, 2.24) is 4.90 Å². The van der Waals surface area contributed by atoms with Gasteiger partial charge in [0.15, 0.2) is 0 Å². The fourth-order valence-corrected chi connectivity index (χ4v) is 5.60. The summed E-state index contributed by atoms with van der Waals surface area (Å²) in [7, 11) is 0. The maximum atomic E-state index is 12.6. The van der Waals surface area contributed by atoms with Crippen LogP contribution in [0.2, 0.25) is 0 Å². The number of hydrogen-bond donors (Lipinski definition) is 0. The fourth-order valence-electron chi connectivity index (χ4n) is 4.95. The molecule has 5 atom stereocenters. The molecule has 3 fully saturated rings. The highest BCUT2D eigenvalue weighted by molar-refractivity contribution is 9.10. The van der Waals surface area contributed by atoms with Gasteiger partial charge in [0.2, 0.25) is 0 Å². The summed E-state index contributed by atoms with van der Waals surface area (Å²) in [4.78, 5) is 14.5. The lowest BCUT2D eigenvalue weighted by Gasteiger charge is -2.38. The van der Waals surface area contributed by atoms with Crippen LogP contribution >= 0.6 is 15.9 Å². The first-order valence-corrected chi connectivity index (χ1v) is 10.7. The van der Waals surface area contributed by atoms with Crippen molar-refractivity contribution < 1.29 is 14.3 Å². The number of alkyl halides is 1. The Kier molecular flexibility index (Phi) is 5.75. The van der Waals surface area contributed by atoms with Gasteiger partial charge in [-0.2, -0.15) is 0 Å². The molecule has 25 heavy (non-hydrogen) atoms. The highest BCUT2D eigenvalue weighted by Gasteiger charge is 2.47. The van der Waals surface area contributed by atoms with Gasteiger partial charge < -0.3 is 14.4 Å². The summed E-state index contributed by atoms with van der Waals surface area (Å²) in [5.74, 6) is 1.62. The van der Waals surface area contributed by atoms with Gasteiger partial charge in [0.05, 0.1) is 6.10 Å². The smallest absolute Gasteiger partial charge is 0.410 e. The largest absolute Gasteiger partial charge is 0.444 e. The van der Waals surface area contributed by atoms with Gasteiger partial charge in [0, 0.05) is 24.0 Å². The molecule has 144 valence electrons. The Bertz CT molecular complexity index is 486. The average molecular weight is 416 g/mol. The predicted molar refractivity (Wildman–Crippen MR) is 103 cm³/mol. The summed E-state index contributed by atoms with van der Waals surface area (Å²) in [5.41, 5.74) is -0.429. The van der Waals surface area contributed by atoms with E-state index in [4.69, 9.17) is 9.47 Å². The number of nitrogens with zero attached hydrogens (tertiary/aromatic N) is 1. The second-order valence-electron chi connectivity index (χ2n) is 9.53. The van der Waals surface area contributed by atoms with Crippen molar-refractivity contribution in [3.05, 3.63) is 0 Å². The number of rotatable bonds is 0. The minimum Gasteiger partial charge on any atom is -0.444 e. The van der Waals surface area contributed by atoms with Crippen LogP contribution in [-0.2, 0) is 9.47 Å². The Balaban J connectivity index is 1.75. The molecule has 0 spiro atoms. The van der Waals surface area contributed by atoms with Crippen LogP contribution in [0.3, 0.4) is 0 Å². The second-order valence-corrected chi connectivity index (χ2v) is 11.4. The molecule has 2 aliphatic heterocycles. The van der Waals surface area contributed by atoms with Crippen molar-refractivity contribution in [2.24, 2.45) is 17.8 Å². The van der Waals surface area contributed by atoms with E-state index in [1.807, 2.05) is 25.7 Å². The third-order valence-electron chi connectivity index (χ3n) is 6.09. The van der Waals surface area contributed by atoms with E-state index < -0.39 is 5.60 Å². The van der Waals surface area contributed by atoms with E-state index in [1.54, 1.807) is 0 Å². The van der Waals surface area contributed by atoms with Gasteiger partial charge in [-0.25, -0.2) is 4.79 Å². The molecular weight excluding hydrogens is 382 g/mol. The Morgan fingerprint density at radius 2 is 1.96 bits per heavy atom. The van der Waals surface area contributed by atoms with E-state index in [9.17, 15) is 4.79 Å². The summed E-state index contributed by atoms with van der Waals surface area (Å²) in [6.45, 7) is 10.6. The third-order valence-corrected chi connectivity index (χ3v) is 6.81. The lowest BCUT2D eigenvalue weighted by molar-refractivity contribution is -0.00787. The van der Waals surface area contributed by atoms with Gasteiger partial charge in [0.1, 0.15) is 5.60 Å². The van der Waals surface area contributed by atoms with E-state index in [1.165, 1.54) is 25.7 Å². The van der Waals surface area contributed by atoms with E-state index in [2.05, 4.69) is 22.9 Å². The molecule has 0 aromatic heterocycles. The van der Waals surface area contributed by atoms with Crippen molar-refractivity contribution >= 4 is 22.0 Å². The topological polar surface area (TPSA) is 38.8 Å². The SMILES string of the molecule is CC1(Br)CCCCC2OCCC3CN(C(=O)OC(C)(C)C)CC3C2C1. The number of halogens is 1. The monoisotopic (exact) mass is 415 g/mol. The van der Waals surface area contributed by atoms with Crippen LogP contribution in [0.25, 0.3) is 0 Å². The van der Waals surface area contributed by atoms with Gasteiger partial charge in [0.25, 0.3) is 0 Å². The number of carbonyl (C=O) groups excluding carboxylic acids is 1. The van der Waals surface area contributed by atoms with Crippen molar-refractivity contribution in [2.45, 2.75) is 82.2 Å². The molecule has 0 aromatic rings. The Morgan fingerprint density at radius 1 is 1.20 bits per heavy atom. The molecule has 5 unspecified atom stereocenters. The standard InChI is InChI=1S/C20H34BrNO3/c1-19(2,3)25-18(23)22-12-14-8-10-24-17-7-5-6-9-20(4,21)11-15(17)16(14)13-22/h14-17H,5-13H2,1-4H3. The van der Waals surface area contributed by atoms with Crippen LogP contribution in [0.1, 0.15) is 66.2 Å². The first-order valence-electron chi connectivity index (χ1n) is 9.93. The van der Waals surface area contributed by atoms with Gasteiger partial charge in [-0.05, 0) is 71.1 Å². The van der Waals surface area contributed by atoms with Gasteiger partial charge in [-0.3, -0.25) is 0 Å². The third kappa shape index (κ3) is 4.91. The minimum absolute atomic E-state index is 0.148. The summed E-state index contributed by atoms with van der Waals surface area (Å²) < 4.78 is 12.1. The molecular formula is C20H34BrNO3. The number of hydrogen-bond acceptors (Lipinski definition) is 3. The molecule has 1 saturated carbocycles. The maximum absolute atomic E-state index is 12.6. The molecule has 2 heterocycles. The van der Waals surface area contributed by atoms with E-state index in [-0.39, 0.29) is 10.4 Å². The highest BCUT2D eigenvalue weighted by Crippen LogP contribution is 2.46. The molecule has 0 bridgehead atoms. The summed E-state index contributed by atoms with van der Waals surface area (Å²) in [6.07, 6.45) is 7.32. The van der Waals surface area contributed by atoms with Crippen LogP contribution in [-0.4, -0.2) is 46.7 Å². The van der Waals surface area contributed by atoms with Crippen LogP contribution < -0.4 is 0 Å². The van der Waals surface area contributed by atoms with Crippen molar-refractivity contribution in [2.75, 3.05) is 19.7 Å². The highest BCUT2D eigenvalue weighted by atomic mass is 79.9.